The van der Waals surface area contributed by atoms with Crippen LogP contribution in [-0.2, 0) is 4.74 Å². The Labute approximate surface area is 86.0 Å². The Kier molecular flexibility index (Phi) is 3.42. The monoisotopic (exact) mass is 199 g/mol. The molecule has 14 heavy (non-hydrogen) atoms. The van der Waals surface area contributed by atoms with Crippen molar-refractivity contribution in [2.75, 3.05) is 26.2 Å². The third-order valence-corrected chi connectivity index (χ3v) is 3.43. The number of ether oxygens (including phenoxy) is 1. The molecule has 2 aliphatic rings. The van der Waals surface area contributed by atoms with Crippen molar-refractivity contribution in [3.63, 3.8) is 0 Å². The van der Waals surface area contributed by atoms with Gasteiger partial charge in [0.15, 0.2) is 0 Å². The number of likely N-dealkylation sites (tertiary alicyclic amines) is 1. The third kappa shape index (κ3) is 2.47. The Bertz CT molecular complexity index is 180. The van der Waals surface area contributed by atoms with E-state index in [1.54, 1.807) is 0 Å². The smallest absolute Gasteiger partial charge is 0.0702 e. The van der Waals surface area contributed by atoms with Crippen LogP contribution < -0.4 is 0 Å². The predicted molar refractivity (Wildman–Crippen MR) is 55.2 cm³/mol. The average Bonchev–Trinajstić information content (AvgIpc) is 2.64. The first-order valence-electron chi connectivity index (χ1n) is 5.77. The number of aliphatic hydroxyl groups is 1. The lowest BCUT2D eigenvalue weighted by atomic mass is 9.96. The second-order valence-electron chi connectivity index (χ2n) is 4.73. The van der Waals surface area contributed by atoms with Crippen molar-refractivity contribution in [1.82, 2.24) is 4.90 Å². The van der Waals surface area contributed by atoms with E-state index in [0.29, 0.717) is 12.0 Å². The van der Waals surface area contributed by atoms with Crippen LogP contribution in [0.25, 0.3) is 0 Å². The number of piperidine rings is 1. The number of nitrogens with zero attached hydrogens (tertiary/aromatic N) is 1. The average molecular weight is 199 g/mol. The zero-order valence-corrected chi connectivity index (χ0v) is 8.98. The van der Waals surface area contributed by atoms with Crippen molar-refractivity contribution in [2.45, 2.75) is 38.4 Å². The van der Waals surface area contributed by atoms with Gasteiger partial charge in [-0.1, -0.05) is 6.92 Å². The molecule has 3 nitrogen and oxygen atoms in total. The predicted octanol–water partition coefficient (Wildman–Crippen LogP) is 0.868. The first kappa shape index (κ1) is 10.4. The summed E-state index contributed by atoms with van der Waals surface area (Å²) in [5, 5.41) is 9.60. The topological polar surface area (TPSA) is 32.7 Å². The van der Waals surface area contributed by atoms with E-state index in [1.807, 2.05) is 0 Å². The van der Waals surface area contributed by atoms with Crippen LogP contribution in [-0.4, -0.2) is 48.5 Å². The minimum absolute atomic E-state index is 0.0873. The van der Waals surface area contributed by atoms with Crippen molar-refractivity contribution < 1.29 is 9.84 Å². The van der Waals surface area contributed by atoms with Crippen molar-refractivity contribution in [2.24, 2.45) is 5.92 Å². The molecule has 0 aromatic heterocycles. The van der Waals surface area contributed by atoms with Crippen LogP contribution in [0.5, 0.6) is 0 Å². The van der Waals surface area contributed by atoms with Crippen LogP contribution in [0.2, 0.25) is 0 Å². The third-order valence-electron chi connectivity index (χ3n) is 3.43. The SMILES string of the molecule is CC1CN(CC2CCCO2)CCC1O. The molecule has 2 aliphatic heterocycles. The molecule has 0 bridgehead atoms. The van der Waals surface area contributed by atoms with E-state index in [9.17, 15) is 5.11 Å². The standard InChI is InChI=1S/C11H21NO2/c1-9-7-12(5-4-11(9)13)8-10-3-2-6-14-10/h9-11,13H,2-8H2,1H3. The van der Waals surface area contributed by atoms with E-state index in [2.05, 4.69) is 11.8 Å². The van der Waals surface area contributed by atoms with Crippen molar-refractivity contribution in [1.29, 1.82) is 0 Å². The van der Waals surface area contributed by atoms with E-state index in [4.69, 9.17) is 4.74 Å². The summed E-state index contributed by atoms with van der Waals surface area (Å²) in [5.41, 5.74) is 0. The number of hydrogen-bond acceptors (Lipinski definition) is 3. The van der Waals surface area contributed by atoms with Crippen molar-refractivity contribution in [3.05, 3.63) is 0 Å². The van der Waals surface area contributed by atoms with Gasteiger partial charge in [0.25, 0.3) is 0 Å². The summed E-state index contributed by atoms with van der Waals surface area (Å²) >= 11 is 0. The molecule has 2 fully saturated rings. The van der Waals surface area contributed by atoms with E-state index in [0.717, 1.165) is 32.7 Å². The second kappa shape index (κ2) is 4.60. The summed E-state index contributed by atoms with van der Waals surface area (Å²) in [5.74, 6) is 0.421. The van der Waals surface area contributed by atoms with Gasteiger partial charge < -0.3 is 14.7 Å². The fourth-order valence-electron chi connectivity index (χ4n) is 2.46. The minimum atomic E-state index is -0.0873. The van der Waals surface area contributed by atoms with Crippen LogP contribution in [0.4, 0.5) is 0 Å². The molecule has 2 rings (SSSR count). The number of hydrogen-bond donors (Lipinski definition) is 1. The molecule has 0 aliphatic carbocycles. The Balaban J connectivity index is 1.75. The van der Waals surface area contributed by atoms with E-state index < -0.39 is 0 Å². The molecule has 0 radical (unpaired) electrons. The summed E-state index contributed by atoms with van der Waals surface area (Å²) in [6.45, 7) is 6.20. The van der Waals surface area contributed by atoms with Crippen LogP contribution in [0.3, 0.4) is 0 Å². The lowest BCUT2D eigenvalue weighted by Crippen LogP contribution is -2.44. The fourth-order valence-corrected chi connectivity index (χ4v) is 2.46. The largest absolute Gasteiger partial charge is 0.393 e. The highest BCUT2D eigenvalue weighted by Gasteiger charge is 2.26. The molecule has 3 atom stereocenters. The first-order chi connectivity index (χ1) is 6.75. The maximum Gasteiger partial charge on any atom is 0.0702 e. The fraction of sp³-hybridized carbons (Fsp3) is 1.00. The summed E-state index contributed by atoms with van der Waals surface area (Å²) in [7, 11) is 0. The van der Waals surface area contributed by atoms with Gasteiger partial charge in [-0.3, -0.25) is 0 Å². The van der Waals surface area contributed by atoms with Crippen LogP contribution >= 0.6 is 0 Å². The lowest BCUT2D eigenvalue weighted by molar-refractivity contribution is 0.00823. The summed E-state index contributed by atoms with van der Waals surface area (Å²) < 4.78 is 5.61. The zero-order valence-electron chi connectivity index (χ0n) is 8.98. The molecule has 2 heterocycles. The maximum atomic E-state index is 9.60. The van der Waals surface area contributed by atoms with Crippen LogP contribution in [0.1, 0.15) is 26.2 Å². The molecular weight excluding hydrogens is 178 g/mol. The normalized spacial score (nSPS) is 40.3. The first-order valence-corrected chi connectivity index (χ1v) is 5.77. The van der Waals surface area contributed by atoms with Gasteiger partial charge in [0.05, 0.1) is 12.2 Å². The summed E-state index contributed by atoms with van der Waals surface area (Å²) in [4.78, 5) is 2.44. The highest BCUT2D eigenvalue weighted by atomic mass is 16.5. The van der Waals surface area contributed by atoms with Crippen molar-refractivity contribution >= 4 is 0 Å². The summed E-state index contributed by atoms with van der Waals surface area (Å²) in [6.07, 6.45) is 3.73. The molecule has 82 valence electrons. The Morgan fingerprint density at radius 1 is 1.43 bits per heavy atom. The van der Waals surface area contributed by atoms with Crippen LogP contribution in [0.15, 0.2) is 0 Å². The molecule has 0 saturated carbocycles. The molecule has 0 aromatic carbocycles. The molecular formula is C11H21NO2. The van der Waals surface area contributed by atoms with Crippen molar-refractivity contribution in [3.8, 4) is 0 Å². The highest BCUT2D eigenvalue weighted by molar-refractivity contribution is 4.79. The molecule has 0 aromatic rings. The molecule has 0 amide bonds. The quantitative estimate of drug-likeness (QED) is 0.716. The van der Waals surface area contributed by atoms with Gasteiger partial charge in [0.1, 0.15) is 0 Å². The van der Waals surface area contributed by atoms with Gasteiger partial charge in [-0.2, -0.15) is 0 Å². The van der Waals surface area contributed by atoms with Gasteiger partial charge in [-0.05, 0) is 25.2 Å². The van der Waals surface area contributed by atoms with Gasteiger partial charge in [0, 0.05) is 26.2 Å². The van der Waals surface area contributed by atoms with E-state index in [-0.39, 0.29) is 6.10 Å². The van der Waals surface area contributed by atoms with Gasteiger partial charge in [0.2, 0.25) is 0 Å². The molecule has 2 saturated heterocycles. The lowest BCUT2D eigenvalue weighted by Gasteiger charge is -2.35. The Morgan fingerprint density at radius 2 is 2.29 bits per heavy atom. The van der Waals surface area contributed by atoms with Gasteiger partial charge in [-0.15, -0.1) is 0 Å². The van der Waals surface area contributed by atoms with E-state index in [1.165, 1.54) is 12.8 Å². The maximum absolute atomic E-state index is 9.60. The molecule has 1 N–H and O–H groups in total. The molecule has 3 heteroatoms. The number of aliphatic hydroxyl groups excluding tert-OH is 1. The second-order valence-corrected chi connectivity index (χ2v) is 4.73. The summed E-state index contributed by atoms with van der Waals surface area (Å²) in [6, 6.07) is 0. The molecule has 0 spiro atoms. The minimum Gasteiger partial charge on any atom is -0.393 e. The Morgan fingerprint density at radius 3 is 2.93 bits per heavy atom. The van der Waals surface area contributed by atoms with E-state index >= 15 is 0 Å². The van der Waals surface area contributed by atoms with Crippen LogP contribution in [0, 0.1) is 5.92 Å². The van der Waals surface area contributed by atoms with Gasteiger partial charge in [-0.25, -0.2) is 0 Å². The zero-order chi connectivity index (χ0) is 9.97. The Hall–Kier alpha value is -0.120. The van der Waals surface area contributed by atoms with Gasteiger partial charge >= 0.3 is 0 Å². The highest BCUT2D eigenvalue weighted by Crippen LogP contribution is 2.19. The number of rotatable bonds is 2. The molecule has 3 unspecified atom stereocenters.